The zero-order valence-corrected chi connectivity index (χ0v) is 10.7. The van der Waals surface area contributed by atoms with E-state index < -0.39 is 0 Å². The lowest BCUT2D eigenvalue weighted by molar-refractivity contribution is 0.207. The van der Waals surface area contributed by atoms with E-state index in [0.29, 0.717) is 24.2 Å². The Balaban J connectivity index is 1.70. The summed E-state index contributed by atoms with van der Waals surface area (Å²) in [5.41, 5.74) is 0. The highest BCUT2D eigenvalue weighted by Crippen LogP contribution is 2.18. The molecule has 1 saturated heterocycles. The van der Waals surface area contributed by atoms with E-state index in [4.69, 9.17) is 4.74 Å². The molecule has 3 heterocycles. The van der Waals surface area contributed by atoms with Gasteiger partial charge in [0.2, 0.25) is 5.82 Å². The maximum absolute atomic E-state index is 5.84. The Morgan fingerprint density at radius 2 is 2.05 bits per heavy atom. The molecule has 1 aliphatic rings. The van der Waals surface area contributed by atoms with Gasteiger partial charge < -0.3 is 10.1 Å². The maximum atomic E-state index is 5.84. The third-order valence-electron chi connectivity index (χ3n) is 3.28. The number of nitrogens with zero attached hydrogens (tertiary/aromatic N) is 4. The molecular weight excluding hydrogens is 242 g/mol. The van der Waals surface area contributed by atoms with E-state index in [-0.39, 0.29) is 0 Å². The maximum Gasteiger partial charge on any atom is 0.259 e. The first-order chi connectivity index (χ1) is 9.43. The minimum atomic E-state index is 0.546. The van der Waals surface area contributed by atoms with Gasteiger partial charge in [0.1, 0.15) is 0 Å². The Kier molecular flexibility index (Phi) is 3.69. The van der Waals surface area contributed by atoms with Crippen molar-refractivity contribution in [1.29, 1.82) is 0 Å². The topological polar surface area (TPSA) is 64.9 Å². The van der Waals surface area contributed by atoms with Crippen molar-refractivity contribution in [1.82, 2.24) is 25.1 Å². The molecule has 6 nitrogen and oxygen atoms in total. The number of hydrogen-bond acceptors (Lipinski definition) is 5. The number of ether oxygens (including phenoxy) is 1. The lowest BCUT2D eigenvalue weighted by Crippen LogP contribution is -2.30. The van der Waals surface area contributed by atoms with Gasteiger partial charge in [-0.3, -0.25) is 0 Å². The van der Waals surface area contributed by atoms with Gasteiger partial charge in [0.15, 0.2) is 0 Å². The number of hydrogen-bond donors (Lipinski definition) is 1. The number of rotatable bonds is 4. The zero-order valence-electron chi connectivity index (χ0n) is 10.7. The second-order valence-corrected chi connectivity index (χ2v) is 4.64. The molecule has 2 aromatic heterocycles. The summed E-state index contributed by atoms with van der Waals surface area (Å²) in [6, 6.07) is 1.85. The van der Waals surface area contributed by atoms with Crippen LogP contribution in [-0.4, -0.2) is 39.4 Å². The Morgan fingerprint density at radius 3 is 2.84 bits per heavy atom. The van der Waals surface area contributed by atoms with E-state index in [2.05, 4.69) is 20.4 Å². The van der Waals surface area contributed by atoms with Crippen LogP contribution in [0.3, 0.4) is 0 Å². The fraction of sp³-hybridized carbons (Fsp3) is 0.462. The van der Waals surface area contributed by atoms with E-state index in [1.165, 1.54) is 0 Å². The number of nitrogens with one attached hydrogen (secondary N) is 1. The molecule has 0 bridgehead atoms. The third kappa shape index (κ3) is 2.90. The van der Waals surface area contributed by atoms with E-state index >= 15 is 0 Å². The number of piperidine rings is 1. The first-order valence-corrected chi connectivity index (χ1v) is 6.58. The fourth-order valence-electron chi connectivity index (χ4n) is 2.22. The van der Waals surface area contributed by atoms with E-state index in [0.717, 1.165) is 25.9 Å². The van der Waals surface area contributed by atoms with Crippen molar-refractivity contribution in [3.63, 3.8) is 0 Å². The van der Waals surface area contributed by atoms with E-state index in [9.17, 15) is 0 Å². The summed E-state index contributed by atoms with van der Waals surface area (Å²) in [6.07, 6.45) is 9.14. The molecule has 6 heteroatoms. The summed E-state index contributed by atoms with van der Waals surface area (Å²) >= 11 is 0. The summed E-state index contributed by atoms with van der Waals surface area (Å²) in [7, 11) is 0. The molecule has 0 radical (unpaired) electrons. The summed E-state index contributed by atoms with van der Waals surface area (Å²) < 4.78 is 7.51. The van der Waals surface area contributed by atoms with Crippen molar-refractivity contribution < 1.29 is 4.74 Å². The molecule has 2 aromatic rings. The van der Waals surface area contributed by atoms with Crippen LogP contribution >= 0.6 is 0 Å². The average Bonchev–Trinajstić information content (AvgIpc) is 3.01. The van der Waals surface area contributed by atoms with Gasteiger partial charge in [-0.15, -0.1) is 0 Å². The van der Waals surface area contributed by atoms with Crippen LogP contribution < -0.4 is 10.1 Å². The Morgan fingerprint density at radius 1 is 1.21 bits per heavy atom. The molecular formula is C13H17N5O. The van der Waals surface area contributed by atoms with Gasteiger partial charge in [0, 0.05) is 24.8 Å². The van der Waals surface area contributed by atoms with Gasteiger partial charge in [-0.1, -0.05) is 0 Å². The van der Waals surface area contributed by atoms with E-state index in [1.54, 1.807) is 23.3 Å². The van der Waals surface area contributed by atoms with Crippen LogP contribution in [0.5, 0.6) is 5.88 Å². The Labute approximate surface area is 111 Å². The van der Waals surface area contributed by atoms with Crippen molar-refractivity contribution >= 4 is 0 Å². The van der Waals surface area contributed by atoms with Gasteiger partial charge in [-0.05, 0) is 37.9 Å². The van der Waals surface area contributed by atoms with Crippen LogP contribution in [0, 0.1) is 5.92 Å². The minimum Gasteiger partial charge on any atom is -0.475 e. The second-order valence-electron chi connectivity index (χ2n) is 4.64. The minimum absolute atomic E-state index is 0.546. The second kappa shape index (κ2) is 5.79. The monoisotopic (exact) mass is 259 g/mol. The fourth-order valence-corrected chi connectivity index (χ4v) is 2.22. The van der Waals surface area contributed by atoms with Gasteiger partial charge >= 0.3 is 0 Å². The zero-order chi connectivity index (χ0) is 12.9. The van der Waals surface area contributed by atoms with Gasteiger partial charge in [0.25, 0.3) is 5.88 Å². The lowest BCUT2D eigenvalue weighted by atomic mass is 9.99. The first-order valence-electron chi connectivity index (χ1n) is 6.58. The van der Waals surface area contributed by atoms with Gasteiger partial charge in [0.05, 0.1) is 6.61 Å². The highest BCUT2D eigenvalue weighted by molar-refractivity contribution is 5.32. The van der Waals surface area contributed by atoms with E-state index in [1.807, 2.05) is 12.3 Å². The summed E-state index contributed by atoms with van der Waals surface area (Å²) in [5, 5.41) is 7.52. The summed E-state index contributed by atoms with van der Waals surface area (Å²) in [6.45, 7) is 2.83. The highest BCUT2D eigenvalue weighted by Gasteiger charge is 2.16. The standard InChI is InChI=1S/C13H17N5O/c1-4-17-18(9-1)12-13(16-8-7-15-12)19-10-11-2-5-14-6-3-11/h1,4,7-9,11,14H,2-3,5-6,10H2. The molecule has 3 rings (SSSR count). The largest absolute Gasteiger partial charge is 0.475 e. The first kappa shape index (κ1) is 12.1. The van der Waals surface area contributed by atoms with Crippen LogP contribution in [0.15, 0.2) is 30.9 Å². The van der Waals surface area contributed by atoms with Gasteiger partial charge in [-0.2, -0.15) is 5.10 Å². The molecule has 1 aliphatic heterocycles. The van der Waals surface area contributed by atoms with Crippen LogP contribution in [-0.2, 0) is 0 Å². The van der Waals surface area contributed by atoms with Crippen LogP contribution in [0.1, 0.15) is 12.8 Å². The van der Waals surface area contributed by atoms with Crippen molar-refractivity contribution in [2.45, 2.75) is 12.8 Å². The smallest absolute Gasteiger partial charge is 0.259 e. The van der Waals surface area contributed by atoms with Crippen molar-refractivity contribution in [2.75, 3.05) is 19.7 Å². The van der Waals surface area contributed by atoms with Crippen molar-refractivity contribution in [2.24, 2.45) is 5.92 Å². The van der Waals surface area contributed by atoms with Crippen LogP contribution in [0.25, 0.3) is 5.82 Å². The van der Waals surface area contributed by atoms with Crippen molar-refractivity contribution in [3.05, 3.63) is 30.9 Å². The van der Waals surface area contributed by atoms with Gasteiger partial charge in [-0.25, -0.2) is 14.6 Å². The lowest BCUT2D eigenvalue weighted by Gasteiger charge is -2.22. The molecule has 0 saturated carbocycles. The third-order valence-corrected chi connectivity index (χ3v) is 3.28. The quantitative estimate of drug-likeness (QED) is 0.888. The molecule has 0 spiro atoms. The van der Waals surface area contributed by atoms with Crippen LogP contribution in [0.4, 0.5) is 0 Å². The predicted molar refractivity (Wildman–Crippen MR) is 70.2 cm³/mol. The molecule has 0 aromatic carbocycles. The average molecular weight is 259 g/mol. The summed E-state index contributed by atoms with van der Waals surface area (Å²) in [4.78, 5) is 8.54. The molecule has 0 atom stereocenters. The Bertz CT molecular complexity index is 508. The normalized spacial score (nSPS) is 16.4. The molecule has 0 amide bonds. The molecule has 0 aliphatic carbocycles. The SMILES string of the molecule is c1cnn(-c2nccnc2OCC2CCNCC2)c1. The highest BCUT2D eigenvalue weighted by atomic mass is 16.5. The Hall–Kier alpha value is -1.95. The van der Waals surface area contributed by atoms with Crippen LogP contribution in [0.2, 0.25) is 0 Å². The van der Waals surface area contributed by atoms with Crippen molar-refractivity contribution in [3.8, 4) is 11.7 Å². The predicted octanol–water partition coefficient (Wildman–Crippen LogP) is 1.04. The summed E-state index contributed by atoms with van der Waals surface area (Å²) in [5.74, 6) is 1.78. The molecule has 0 unspecified atom stereocenters. The molecule has 1 N–H and O–H groups in total. The molecule has 100 valence electrons. The molecule has 1 fully saturated rings. The number of aromatic nitrogens is 4. The molecule has 19 heavy (non-hydrogen) atoms.